The van der Waals surface area contributed by atoms with Gasteiger partial charge in [0.05, 0.1) is 5.56 Å². The number of benzene rings is 1. The van der Waals surface area contributed by atoms with Crippen molar-refractivity contribution in [3.63, 3.8) is 0 Å². The summed E-state index contributed by atoms with van der Waals surface area (Å²) in [4.78, 5) is 20.2. The molecule has 3 rings (SSSR count). The molecule has 2 aromatic rings. The highest BCUT2D eigenvalue weighted by molar-refractivity contribution is 5.95. The smallest absolute Gasteiger partial charge is 0.416 e. The lowest BCUT2D eigenvalue weighted by Gasteiger charge is -2.14. The molecule has 10 heteroatoms. The molecule has 0 saturated heterocycles. The number of hydrogen-bond acceptors (Lipinski definition) is 5. The first-order valence-corrected chi connectivity index (χ1v) is 8.60. The van der Waals surface area contributed by atoms with E-state index in [2.05, 4.69) is 15.3 Å². The molecule has 3 N–H and O–H groups in total. The van der Waals surface area contributed by atoms with Gasteiger partial charge in [-0.2, -0.15) is 18.2 Å². The molecule has 1 heterocycles. The summed E-state index contributed by atoms with van der Waals surface area (Å²) in [6.45, 7) is -0.572. The number of rotatable bonds is 4. The van der Waals surface area contributed by atoms with Gasteiger partial charge in [0, 0.05) is 12.5 Å². The number of aromatic nitrogens is 2. The Bertz CT molecular complexity index is 896. The fraction of sp³-hybridized carbons (Fsp3) is 0.389. The van der Waals surface area contributed by atoms with Gasteiger partial charge in [-0.3, -0.25) is 4.79 Å². The van der Waals surface area contributed by atoms with E-state index in [9.17, 15) is 32.6 Å². The molecule has 1 aromatic heterocycles. The van der Waals surface area contributed by atoms with E-state index in [0.29, 0.717) is 6.07 Å². The fourth-order valence-electron chi connectivity index (χ4n) is 3.21. The Labute approximate surface area is 157 Å². The molecule has 0 bridgehead atoms. The van der Waals surface area contributed by atoms with Crippen molar-refractivity contribution in [3.8, 4) is 11.6 Å². The van der Waals surface area contributed by atoms with Crippen LogP contribution in [0.25, 0.3) is 0 Å². The van der Waals surface area contributed by atoms with E-state index >= 15 is 0 Å². The van der Waals surface area contributed by atoms with Crippen LogP contribution in [-0.4, -0.2) is 26.1 Å². The van der Waals surface area contributed by atoms with Crippen molar-refractivity contribution in [2.75, 3.05) is 0 Å². The first-order valence-electron chi connectivity index (χ1n) is 8.60. The number of alkyl halides is 3. The summed E-state index contributed by atoms with van der Waals surface area (Å²) in [5.41, 5.74) is -2.09. The molecular weight excluding hydrogens is 382 g/mol. The van der Waals surface area contributed by atoms with Gasteiger partial charge in [-0.05, 0) is 30.5 Å². The molecule has 6 nitrogen and oxygen atoms in total. The van der Waals surface area contributed by atoms with Crippen molar-refractivity contribution in [2.45, 2.75) is 44.3 Å². The minimum Gasteiger partial charge on any atom is -0.501 e. The molecule has 1 fully saturated rings. The minimum absolute atomic E-state index is 0.0630. The van der Waals surface area contributed by atoms with Gasteiger partial charge in [0.1, 0.15) is 11.6 Å². The number of nitrogens with one attached hydrogen (secondary N) is 1. The summed E-state index contributed by atoms with van der Waals surface area (Å²) >= 11 is 0. The SMILES string of the molecule is O=C(NCc1ccc(F)cc1C(F)(F)F)c1nc(C2CCCC2)nc(O)c1O. The molecule has 0 atom stereocenters. The third kappa shape index (κ3) is 4.15. The zero-order valence-corrected chi connectivity index (χ0v) is 14.6. The van der Waals surface area contributed by atoms with Crippen molar-refractivity contribution >= 4 is 5.91 Å². The van der Waals surface area contributed by atoms with Crippen LogP contribution in [0.15, 0.2) is 18.2 Å². The monoisotopic (exact) mass is 399 g/mol. The third-order valence-corrected chi connectivity index (χ3v) is 4.64. The number of hydrogen-bond donors (Lipinski definition) is 3. The molecule has 1 aromatic carbocycles. The van der Waals surface area contributed by atoms with E-state index in [-0.39, 0.29) is 17.3 Å². The third-order valence-electron chi connectivity index (χ3n) is 4.64. The number of aromatic hydroxyl groups is 2. The maximum atomic E-state index is 13.2. The van der Waals surface area contributed by atoms with Gasteiger partial charge in [0.25, 0.3) is 11.8 Å². The van der Waals surface area contributed by atoms with Gasteiger partial charge in [0.15, 0.2) is 5.69 Å². The summed E-state index contributed by atoms with van der Waals surface area (Å²) in [5.74, 6) is -3.51. The number of carbonyl (C=O) groups is 1. The summed E-state index contributed by atoms with van der Waals surface area (Å²) in [6, 6.07) is 2.11. The Kier molecular flexibility index (Phi) is 5.39. The van der Waals surface area contributed by atoms with Gasteiger partial charge < -0.3 is 15.5 Å². The summed E-state index contributed by atoms with van der Waals surface area (Å²) in [5, 5.41) is 21.9. The molecule has 150 valence electrons. The highest BCUT2D eigenvalue weighted by Crippen LogP contribution is 2.36. The second-order valence-electron chi connectivity index (χ2n) is 6.57. The largest absolute Gasteiger partial charge is 0.501 e. The lowest BCUT2D eigenvalue weighted by molar-refractivity contribution is -0.138. The first kappa shape index (κ1) is 19.8. The predicted octanol–water partition coefficient (Wildman–Crippen LogP) is 3.63. The maximum Gasteiger partial charge on any atom is 0.416 e. The Morgan fingerprint density at radius 3 is 2.50 bits per heavy atom. The molecule has 0 unspecified atom stereocenters. The van der Waals surface area contributed by atoms with E-state index in [0.717, 1.165) is 37.8 Å². The number of nitrogens with zero attached hydrogens (tertiary/aromatic N) is 2. The van der Waals surface area contributed by atoms with Crippen molar-refractivity contribution < 1.29 is 32.6 Å². The predicted molar refractivity (Wildman–Crippen MR) is 89.1 cm³/mol. The van der Waals surface area contributed by atoms with Crippen LogP contribution in [0.5, 0.6) is 11.6 Å². The van der Waals surface area contributed by atoms with Gasteiger partial charge >= 0.3 is 6.18 Å². The molecule has 0 radical (unpaired) electrons. The number of halogens is 4. The van der Waals surface area contributed by atoms with Crippen LogP contribution in [0, 0.1) is 5.82 Å². The van der Waals surface area contributed by atoms with E-state index in [4.69, 9.17) is 0 Å². The molecule has 0 spiro atoms. The number of amides is 1. The Hall–Kier alpha value is -2.91. The van der Waals surface area contributed by atoms with E-state index in [1.807, 2.05) is 0 Å². The quantitative estimate of drug-likeness (QED) is 0.683. The second kappa shape index (κ2) is 7.61. The topological polar surface area (TPSA) is 95.3 Å². The van der Waals surface area contributed by atoms with Crippen LogP contribution in [0.1, 0.15) is 59.0 Å². The Balaban J connectivity index is 1.83. The van der Waals surface area contributed by atoms with Gasteiger partial charge in [0.2, 0.25) is 5.75 Å². The second-order valence-corrected chi connectivity index (χ2v) is 6.57. The van der Waals surface area contributed by atoms with Crippen LogP contribution in [0.3, 0.4) is 0 Å². The molecule has 1 saturated carbocycles. The Morgan fingerprint density at radius 2 is 1.86 bits per heavy atom. The van der Waals surface area contributed by atoms with Crippen LogP contribution < -0.4 is 5.32 Å². The molecule has 1 aliphatic carbocycles. The molecular formula is C18H17F4N3O3. The molecule has 28 heavy (non-hydrogen) atoms. The average Bonchev–Trinajstić information content (AvgIpc) is 3.16. The normalized spacial score (nSPS) is 15.0. The lowest BCUT2D eigenvalue weighted by atomic mass is 10.1. The van der Waals surface area contributed by atoms with Gasteiger partial charge in [-0.15, -0.1) is 0 Å². The summed E-state index contributed by atoms with van der Waals surface area (Å²) in [6.07, 6.45) is -1.36. The van der Waals surface area contributed by atoms with Crippen molar-refractivity contribution in [1.82, 2.24) is 15.3 Å². The standard InChI is InChI=1S/C18H17F4N3O3/c19-11-6-5-10(12(7-11)18(20,21)22)8-23-16(27)13-14(26)17(28)25-15(24-13)9-3-1-2-4-9/h5-7,9,26H,1-4,8H2,(H,23,27)(H,24,25,28). The molecule has 1 aliphatic rings. The highest BCUT2D eigenvalue weighted by atomic mass is 19.4. The fourth-order valence-corrected chi connectivity index (χ4v) is 3.21. The summed E-state index contributed by atoms with van der Waals surface area (Å²) in [7, 11) is 0. The maximum absolute atomic E-state index is 13.2. The van der Waals surface area contributed by atoms with E-state index in [1.165, 1.54) is 0 Å². The van der Waals surface area contributed by atoms with E-state index in [1.54, 1.807) is 0 Å². The van der Waals surface area contributed by atoms with Crippen LogP contribution in [0.2, 0.25) is 0 Å². The zero-order chi connectivity index (χ0) is 20.5. The number of carbonyl (C=O) groups excluding carboxylic acids is 1. The average molecular weight is 399 g/mol. The van der Waals surface area contributed by atoms with Crippen LogP contribution in [0.4, 0.5) is 17.6 Å². The van der Waals surface area contributed by atoms with Crippen molar-refractivity contribution in [1.29, 1.82) is 0 Å². The minimum atomic E-state index is -4.80. The lowest BCUT2D eigenvalue weighted by Crippen LogP contribution is -2.26. The summed E-state index contributed by atoms with van der Waals surface area (Å²) < 4.78 is 52.3. The van der Waals surface area contributed by atoms with E-state index < -0.39 is 47.3 Å². The highest BCUT2D eigenvalue weighted by Gasteiger charge is 2.34. The first-order chi connectivity index (χ1) is 13.2. The van der Waals surface area contributed by atoms with Crippen LogP contribution >= 0.6 is 0 Å². The van der Waals surface area contributed by atoms with Crippen molar-refractivity contribution in [2.24, 2.45) is 0 Å². The zero-order valence-electron chi connectivity index (χ0n) is 14.6. The van der Waals surface area contributed by atoms with Crippen molar-refractivity contribution in [3.05, 3.63) is 46.7 Å². The Morgan fingerprint density at radius 1 is 1.18 bits per heavy atom. The van der Waals surface area contributed by atoms with Crippen LogP contribution in [-0.2, 0) is 12.7 Å². The van der Waals surface area contributed by atoms with Gasteiger partial charge in [-0.25, -0.2) is 9.37 Å². The molecule has 0 aliphatic heterocycles. The molecule has 1 amide bonds. The van der Waals surface area contributed by atoms with Gasteiger partial charge in [-0.1, -0.05) is 18.9 Å².